The van der Waals surface area contributed by atoms with Crippen LogP contribution in [0.25, 0.3) is 0 Å². The second-order valence-electron chi connectivity index (χ2n) is 10.4. The van der Waals surface area contributed by atoms with Crippen molar-refractivity contribution in [2.75, 3.05) is 24.6 Å². The molecule has 0 N–H and O–H groups in total. The van der Waals surface area contributed by atoms with Crippen LogP contribution in [0.1, 0.15) is 143 Å². The van der Waals surface area contributed by atoms with Crippen molar-refractivity contribution in [2.24, 2.45) is 0 Å². The van der Waals surface area contributed by atoms with E-state index in [2.05, 4.69) is 34.3 Å². The Kier molecular flexibility index (Phi) is 19.3. The first-order valence-electron chi connectivity index (χ1n) is 13.8. The molecule has 0 aromatic carbocycles. The van der Waals surface area contributed by atoms with Gasteiger partial charge in [0.25, 0.3) is 0 Å². The average Bonchev–Trinajstić information content (AvgIpc) is 2.70. The van der Waals surface area contributed by atoms with E-state index in [4.69, 9.17) is 11.2 Å². The Balaban J connectivity index is 4.87. The van der Waals surface area contributed by atoms with Crippen molar-refractivity contribution in [3.8, 4) is 0 Å². The van der Waals surface area contributed by atoms with E-state index >= 15 is 0 Å². The summed E-state index contributed by atoms with van der Waals surface area (Å²) in [6, 6.07) is 0. The molecule has 0 radical (unpaired) electrons. The molecule has 0 spiro atoms. The molecular weight excluding hydrogens is 403 g/mol. The SMILES string of the molecule is C=C(C)CP(Cl)(CCCCCCCC)(CCCCCCCC)CCCCCCCC. The topological polar surface area (TPSA) is 0 Å². The molecule has 0 aliphatic carbocycles. The summed E-state index contributed by atoms with van der Waals surface area (Å²) in [6.07, 6.45) is 29.9. The molecule has 0 aliphatic rings. The van der Waals surface area contributed by atoms with Gasteiger partial charge in [0.1, 0.15) is 0 Å². The van der Waals surface area contributed by atoms with Crippen LogP contribution in [-0.4, -0.2) is 24.6 Å². The normalized spacial score (nSPS) is 13.3. The van der Waals surface area contributed by atoms with Gasteiger partial charge in [0.05, 0.1) is 0 Å². The second kappa shape index (κ2) is 19.0. The van der Waals surface area contributed by atoms with Crippen LogP contribution in [0.3, 0.4) is 0 Å². The molecule has 0 unspecified atom stereocenters. The second-order valence-corrected chi connectivity index (χ2v) is 18.6. The van der Waals surface area contributed by atoms with Gasteiger partial charge < -0.3 is 0 Å². The predicted molar refractivity (Wildman–Crippen MR) is 147 cm³/mol. The van der Waals surface area contributed by atoms with Gasteiger partial charge in [-0.15, -0.1) is 0 Å². The first kappa shape index (κ1) is 30.5. The first-order chi connectivity index (χ1) is 14.4. The van der Waals surface area contributed by atoms with Gasteiger partial charge in [-0.3, -0.25) is 0 Å². The van der Waals surface area contributed by atoms with Crippen LogP contribution in [0.4, 0.5) is 0 Å². The third-order valence-electron chi connectivity index (χ3n) is 6.88. The number of halogens is 1. The van der Waals surface area contributed by atoms with Crippen molar-refractivity contribution < 1.29 is 0 Å². The summed E-state index contributed by atoms with van der Waals surface area (Å²) in [5, 5.41) is 0. The third-order valence-corrected chi connectivity index (χ3v) is 14.4. The molecule has 0 rings (SSSR count). The van der Waals surface area contributed by atoms with Crippen molar-refractivity contribution in [3.63, 3.8) is 0 Å². The maximum atomic E-state index is 7.88. The zero-order valence-electron chi connectivity index (χ0n) is 21.6. The molecule has 0 fully saturated rings. The fraction of sp³-hybridized carbons (Fsp3) is 0.929. The summed E-state index contributed by atoms with van der Waals surface area (Å²) in [7, 11) is 0. The monoisotopic (exact) mass is 460 g/mol. The minimum absolute atomic E-state index is 1.14. The van der Waals surface area contributed by atoms with Gasteiger partial charge in [0, 0.05) is 0 Å². The summed E-state index contributed by atoms with van der Waals surface area (Å²) >= 11 is 7.88. The van der Waals surface area contributed by atoms with Gasteiger partial charge in [0.15, 0.2) is 0 Å². The third kappa shape index (κ3) is 16.1. The van der Waals surface area contributed by atoms with E-state index in [1.54, 1.807) is 0 Å². The van der Waals surface area contributed by atoms with Crippen molar-refractivity contribution in [1.29, 1.82) is 0 Å². The fourth-order valence-corrected chi connectivity index (χ4v) is 12.3. The molecule has 0 aliphatic heterocycles. The van der Waals surface area contributed by atoms with Crippen molar-refractivity contribution in [1.82, 2.24) is 0 Å². The predicted octanol–water partition coefficient (Wildman–Crippen LogP) is 11.4. The molecule has 0 saturated heterocycles. The van der Waals surface area contributed by atoms with Crippen molar-refractivity contribution >= 4 is 17.2 Å². The summed E-state index contributed by atoms with van der Waals surface area (Å²) in [5.41, 5.74) is 1.34. The van der Waals surface area contributed by atoms with Crippen molar-refractivity contribution in [2.45, 2.75) is 143 Å². The van der Waals surface area contributed by atoms with Gasteiger partial charge in [-0.25, -0.2) is 0 Å². The van der Waals surface area contributed by atoms with E-state index in [0.29, 0.717) is 0 Å². The van der Waals surface area contributed by atoms with Crippen LogP contribution < -0.4 is 0 Å². The minimum atomic E-state index is -2.19. The Morgan fingerprint density at radius 1 is 0.533 bits per heavy atom. The van der Waals surface area contributed by atoms with Crippen LogP contribution >= 0.6 is 17.2 Å². The van der Waals surface area contributed by atoms with Crippen molar-refractivity contribution in [3.05, 3.63) is 12.2 Å². The number of rotatable bonds is 23. The van der Waals surface area contributed by atoms with Gasteiger partial charge in [-0.05, 0) is 0 Å². The Labute approximate surface area is 197 Å². The zero-order chi connectivity index (χ0) is 22.6. The van der Waals surface area contributed by atoms with Crippen LogP contribution in [0, 0.1) is 0 Å². The van der Waals surface area contributed by atoms with Crippen LogP contribution in [0.15, 0.2) is 12.2 Å². The molecule has 0 aromatic rings. The van der Waals surface area contributed by atoms with E-state index in [0.717, 1.165) is 6.16 Å². The zero-order valence-corrected chi connectivity index (χ0v) is 23.2. The average molecular weight is 461 g/mol. The van der Waals surface area contributed by atoms with E-state index < -0.39 is 5.96 Å². The number of hydrogen-bond donors (Lipinski definition) is 0. The van der Waals surface area contributed by atoms with Gasteiger partial charge in [0.2, 0.25) is 0 Å². The van der Waals surface area contributed by atoms with Gasteiger partial charge in [-0.2, -0.15) is 0 Å². The Morgan fingerprint density at radius 2 is 0.800 bits per heavy atom. The Morgan fingerprint density at radius 3 is 1.07 bits per heavy atom. The van der Waals surface area contributed by atoms with Crippen LogP contribution in [-0.2, 0) is 0 Å². The number of hydrogen-bond acceptors (Lipinski definition) is 0. The summed E-state index contributed by atoms with van der Waals surface area (Å²) in [4.78, 5) is 0. The Hall–Kier alpha value is 0.460. The fourth-order valence-electron chi connectivity index (χ4n) is 5.11. The molecule has 0 bridgehead atoms. The summed E-state index contributed by atoms with van der Waals surface area (Å²) < 4.78 is 0. The Bertz CT molecular complexity index is 360. The maximum absolute atomic E-state index is 7.88. The first-order valence-corrected chi connectivity index (χ1v) is 17.6. The molecule has 30 heavy (non-hydrogen) atoms. The molecule has 0 aromatic heterocycles. The molecular formula is C28H58ClP. The molecule has 182 valence electrons. The molecule has 0 amide bonds. The van der Waals surface area contributed by atoms with Crippen LogP contribution in [0.5, 0.6) is 0 Å². The summed E-state index contributed by atoms with van der Waals surface area (Å²) in [5.74, 6) is -2.19. The number of allylic oxidation sites excluding steroid dienone is 1. The quantitative estimate of drug-likeness (QED) is 0.0807. The number of unbranched alkanes of at least 4 members (excludes halogenated alkanes) is 15. The standard InChI is InChI=1S/C28H58ClP/c1-6-9-12-15-18-21-24-30(29,27-28(4)5,25-22-19-16-13-10-7-2)26-23-20-17-14-11-8-3/h4,6-27H2,1-3,5H3. The molecule has 0 saturated carbocycles. The molecule has 0 nitrogen and oxygen atoms in total. The van der Waals surface area contributed by atoms with E-state index in [1.165, 1.54) is 140 Å². The summed E-state index contributed by atoms with van der Waals surface area (Å²) in [6.45, 7) is 13.5. The molecule has 0 heterocycles. The van der Waals surface area contributed by atoms with E-state index in [1.807, 2.05) is 0 Å². The molecule has 2 heteroatoms. The molecule has 0 atom stereocenters. The van der Waals surface area contributed by atoms with E-state index in [-0.39, 0.29) is 0 Å². The van der Waals surface area contributed by atoms with Gasteiger partial charge in [-0.1, -0.05) is 0 Å². The van der Waals surface area contributed by atoms with Gasteiger partial charge >= 0.3 is 197 Å². The van der Waals surface area contributed by atoms with Crippen LogP contribution in [0.2, 0.25) is 0 Å². The van der Waals surface area contributed by atoms with E-state index in [9.17, 15) is 0 Å².